The lowest BCUT2D eigenvalue weighted by Gasteiger charge is -2.28. The van der Waals surface area contributed by atoms with Gasteiger partial charge in [-0.2, -0.15) is 0 Å². The Bertz CT molecular complexity index is 1320. The molecule has 0 saturated carbocycles. The molecule has 37 heavy (non-hydrogen) atoms. The summed E-state index contributed by atoms with van der Waals surface area (Å²) in [5.74, 6) is -0.891. The number of hydrogen-bond acceptors (Lipinski definition) is 5. The highest BCUT2D eigenvalue weighted by atomic mass is 16.5. The Hall–Kier alpha value is -4.00. The third-order valence-electron chi connectivity index (χ3n) is 6.68. The topological polar surface area (TPSA) is 88.6 Å². The van der Waals surface area contributed by atoms with E-state index in [1.807, 2.05) is 62.4 Å². The molecule has 4 rings (SSSR count). The second kappa shape index (κ2) is 10.2. The average molecular weight is 500 g/mol. The molecule has 0 spiro atoms. The monoisotopic (exact) mass is 499 g/mol. The van der Waals surface area contributed by atoms with Crippen LogP contribution in [0.3, 0.4) is 0 Å². The largest absolute Gasteiger partial charge is 0.467 e. The number of hydrogen-bond donors (Lipinski definition) is 1. The third-order valence-corrected chi connectivity index (χ3v) is 6.68. The summed E-state index contributed by atoms with van der Waals surface area (Å²) in [6.45, 7) is 10.6. The van der Waals surface area contributed by atoms with Crippen LogP contribution in [0.2, 0.25) is 0 Å². The average Bonchev–Trinajstić information content (AvgIpc) is 3.19. The van der Waals surface area contributed by atoms with Crippen LogP contribution in [0.25, 0.3) is 11.3 Å². The van der Waals surface area contributed by atoms with Crippen LogP contribution in [0.5, 0.6) is 0 Å². The summed E-state index contributed by atoms with van der Waals surface area (Å²) < 4.78 is 4.94. The zero-order chi connectivity index (χ0) is 26.9. The number of pyridine rings is 1. The number of benzene rings is 2. The maximum atomic E-state index is 13.2. The van der Waals surface area contributed by atoms with Gasteiger partial charge in [0.15, 0.2) is 0 Å². The van der Waals surface area contributed by atoms with Crippen molar-refractivity contribution in [3.8, 4) is 11.3 Å². The fourth-order valence-corrected chi connectivity index (χ4v) is 4.55. The molecule has 0 aliphatic carbocycles. The van der Waals surface area contributed by atoms with Gasteiger partial charge in [-0.05, 0) is 52.8 Å². The van der Waals surface area contributed by atoms with E-state index >= 15 is 0 Å². The summed E-state index contributed by atoms with van der Waals surface area (Å²) in [6, 6.07) is 16.2. The number of carbonyl (C=O) groups is 3. The predicted octanol–water partition coefficient (Wildman–Crippen LogP) is 5.45. The van der Waals surface area contributed by atoms with Gasteiger partial charge in [-0.3, -0.25) is 14.6 Å². The van der Waals surface area contributed by atoms with Crippen molar-refractivity contribution in [2.45, 2.75) is 52.6 Å². The Labute approximate surface area is 217 Å². The van der Waals surface area contributed by atoms with E-state index < -0.39 is 12.0 Å². The Balaban J connectivity index is 1.48. The smallest absolute Gasteiger partial charge is 0.328 e. The van der Waals surface area contributed by atoms with Crippen molar-refractivity contribution in [2.75, 3.05) is 12.4 Å². The molecule has 0 radical (unpaired) electrons. The first-order valence-electron chi connectivity index (χ1n) is 12.4. The summed E-state index contributed by atoms with van der Waals surface area (Å²) in [5.41, 5.74) is 5.22. The van der Waals surface area contributed by atoms with E-state index in [2.05, 4.69) is 31.1 Å². The lowest BCUT2D eigenvalue weighted by Crippen LogP contribution is -2.45. The van der Waals surface area contributed by atoms with Crippen LogP contribution in [-0.4, -0.2) is 40.8 Å². The summed E-state index contributed by atoms with van der Waals surface area (Å²) in [4.78, 5) is 44.3. The molecule has 192 valence electrons. The molecular formula is C30H33N3O4. The van der Waals surface area contributed by atoms with Gasteiger partial charge in [0.25, 0.3) is 11.8 Å². The van der Waals surface area contributed by atoms with Crippen molar-refractivity contribution in [2.24, 2.45) is 5.92 Å². The first kappa shape index (κ1) is 26.1. The number of methoxy groups -OCH3 is 1. The summed E-state index contributed by atoms with van der Waals surface area (Å²) in [5, 5.41) is 2.88. The van der Waals surface area contributed by atoms with Crippen LogP contribution in [-0.2, 0) is 21.5 Å². The Kier molecular flexibility index (Phi) is 7.16. The number of rotatable bonds is 6. The number of carbonyl (C=O) groups excluding carboxylic acids is 3. The number of esters is 1. The van der Waals surface area contributed by atoms with Gasteiger partial charge < -0.3 is 15.0 Å². The summed E-state index contributed by atoms with van der Waals surface area (Å²) in [6.07, 6.45) is 1.60. The van der Waals surface area contributed by atoms with Crippen LogP contribution in [0, 0.1) is 5.92 Å². The molecule has 7 heteroatoms. The molecule has 2 aromatic carbocycles. The van der Waals surface area contributed by atoms with Gasteiger partial charge in [-0.25, -0.2) is 4.79 Å². The molecule has 1 unspecified atom stereocenters. The van der Waals surface area contributed by atoms with E-state index in [9.17, 15) is 14.4 Å². The van der Waals surface area contributed by atoms with Crippen molar-refractivity contribution in [1.82, 2.24) is 9.88 Å². The summed E-state index contributed by atoms with van der Waals surface area (Å²) >= 11 is 0. The minimum atomic E-state index is -0.640. The highest BCUT2D eigenvalue weighted by Crippen LogP contribution is 2.31. The molecule has 3 aromatic rings. The molecule has 0 fully saturated rings. The lowest BCUT2D eigenvalue weighted by atomic mass is 9.87. The van der Waals surface area contributed by atoms with Gasteiger partial charge in [0.2, 0.25) is 0 Å². The molecule has 1 aliphatic heterocycles. The van der Waals surface area contributed by atoms with Crippen LogP contribution < -0.4 is 5.32 Å². The van der Waals surface area contributed by atoms with E-state index in [-0.39, 0.29) is 23.1 Å². The van der Waals surface area contributed by atoms with E-state index in [1.54, 1.807) is 17.2 Å². The van der Waals surface area contributed by atoms with Crippen molar-refractivity contribution >= 4 is 23.5 Å². The maximum Gasteiger partial charge on any atom is 0.328 e. The van der Waals surface area contributed by atoms with Gasteiger partial charge in [-0.1, -0.05) is 58.9 Å². The molecule has 0 saturated heterocycles. The molecule has 1 aliphatic rings. The molecule has 1 N–H and O–H groups in total. The van der Waals surface area contributed by atoms with Crippen molar-refractivity contribution in [1.29, 1.82) is 0 Å². The van der Waals surface area contributed by atoms with Gasteiger partial charge in [0, 0.05) is 23.2 Å². The second-order valence-electron chi connectivity index (χ2n) is 10.7. The first-order chi connectivity index (χ1) is 17.5. The van der Waals surface area contributed by atoms with Crippen LogP contribution >= 0.6 is 0 Å². The minimum absolute atomic E-state index is 0.0205. The van der Waals surface area contributed by atoms with Gasteiger partial charge in [0.05, 0.1) is 24.7 Å². The number of aromatic nitrogens is 1. The van der Waals surface area contributed by atoms with E-state index in [0.29, 0.717) is 29.1 Å². The van der Waals surface area contributed by atoms with Crippen molar-refractivity contribution in [3.05, 3.63) is 83.0 Å². The van der Waals surface area contributed by atoms with E-state index in [4.69, 9.17) is 4.74 Å². The highest BCUT2D eigenvalue weighted by molar-refractivity contribution is 6.04. The molecular weight excluding hydrogens is 466 g/mol. The lowest BCUT2D eigenvalue weighted by molar-refractivity contribution is -0.147. The van der Waals surface area contributed by atoms with Crippen LogP contribution in [0.1, 0.15) is 66.5 Å². The van der Waals surface area contributed by atoms with E-state index in [0.717, 1.165) is 16.7 Å². The fraction of sp³-hybridized carbons (Fsp3) is 0.333. The SMILES string of the molecule is COC(=O)C(C(C)C)N1Cc2ccc(-c3ccc(NC(=O)c4ccc(C(C)(C)C)cc4)cn3)cc2C1=O. The van der Waals surface area contributed by atoms with E-state index in [1.165, 1.54) is 7.11 Å². The predicted molar refractivity (Wildman–Crippen MR) is 143 cm³/mol. The molecule has 1 aromatic heterocycles. The number of anilines is 1. The van der Waals surface area contributed by atoms with Crippen LogP contribution in [0.4, 0.5) is 5.69 Å². The Morgan fingerprint density at radius 1 is 1.03 bits per heavy atom. The molecule has 1 atom stereocenters. The minimum Gasteiger partial charge on any atom is -0.467 e. The number of ether oxygens (including phenoxy) is 1. The van der Waals surface area contributed by atoms with Crippen molar-refractivity contribution < 1.29 is 19.1 Å². The Morgan fingerprint density at radius 2 is 1.73 bits per heavy atom. The molecule has 2 amide bonds. The quantitative estimate of drug-likeness (QED) is 0.456. The summed E-state index contributed by atoms with van der Waals surface area (Å²) in [7, 11) is 1.34. The highest BCUT2D eigenvalue weighted by Gasteiger charge is 2.38. The molecule has 0 bridgehead atoms. The maximum absolute atomic E-state index is 13.2. The van der Waals surface area contributed by atoms with Gasteiger partial charge >= 0.3 is 5.97 Å². The second-order valence-corrected chi connectivity index (χ2v) is 10.7. The zero-order valence-corrected chi connectivity index (χ0v) is 22.2. The number of fused-ring (bicyclic) bond motifs is 1. The fourth-order valence-electron chi connectivity index (χ4n) is 4.55. The molecule has 2 heterocycles. The zero-order valence-electron chi connectivity index (χ0n) is 22.2. The number of amides is 2. The first-order valence-corrected chi connectivity index (χ1v) is 12.4. The molecule has 7 nitrogen and oxygen atoms in total. The number of nitrogens with zero attached hydrogens (tertiary/aromatic N) is 2. The van der Waals surface area contributed by atoms with Gasteiger partial charge in [0.1, 0.15) is 6.04 Å². The Morgan fingerprint density at radius 3 is 2.30 bits per heavy atom. The van der Waals surface area contributed by atoms with Gasteiger partial charge in [-0.15, -0.1) is 0 Å². The normalized spacial score (nSPS) is 13.9. The standard InChI is InChI=1S/C30H33N3O4/c1-18(2)26(29(36)37-6)33-17-21-8-7-20(15-24(21)28(33)35)25-14-13-23(16-31-25)32-27(34)19-9-11-22(12-10-19)30(3,4)5/h7-16,18,26H,17H2,1-6H3,(H,32,34). The van der Waals surface area contributed by atoms with Crippen molar-refractivity contribution in [3.63, 3.8) is 0 Å². The number of nitrogens with one attached hydrogen (secondary N) is 1. The van der Waals surface area contributed by atoms with Crippen LogP contribution in [0.15, 0.2) is 60.8 Å². The third kappa shape index (κ3) is 5.40.